The Morgan fingerprint density at radius 1 is 1.24 bits per heavy atom. The summed E-state index contributed by atoms with van der Waals surface area (Å²) in [6, 6.07) is 4.95. The fraction of sp³-hybridized carbons (Fsp3) is 0.647. The zero-order valence-corrected chi connectivity index (χ0v) is 12.8. The Hall–Kier alpha value is -1.26. The summed E-state index contributed by atoms with van der Waals surface area (Å²) in [4.78, 5) is 2.46. The fourth-order valence-corrected chi connectivity index (χ4v) is 4.03. The van der Waals surface area contributed by atoms with Crippen molar-refractivity contribution >= 4 is 0 Å². The Morgan fingerprint density at radius 2 is 2.05 bits per heavy atom. The first-order chi connectivity index (χ1) is 10.1. The van der Waals surface area contributed by atoms with Gasteiger partial charge in [-0.05, 0) is 69.3 Å². The SMILES string of the molecule is CC(c1cc(O)ccc1O)N1CCCC2(CCCNC2)C1. The molecule has 2 saturated heterocycles. The summed E-state index contributed by atoms with van der Waals surface area (Å²) in [5, 5.41) is 23.3. The lowest BCUT2D eigenvalue weighted by Crippen LogP contribution is -2.51. The lowest BCUT2D eigenvalue weighted by Gasteiger charge is -2.47. The topological polar surface area (TPSA) is 55.7 Å². The molecular weight excluding hydrogens is 264 g/mol. The van der Waals surface area contributed by atoms with Gasteiger partial charge in [0.05, 0.1) is 0 Å². The average molecular weight is 290 g/mol. The van der Waals surface area contributed by atoms with Crippen LogP contribution in [0.2, 0.25) is 0 Å². The number of hydrogen-bond donors (Lipinski definition) is 3. The monoisotopic (exact) mass is 290 g/mol. The van der Waals surface area contributed by atoms with Crippen LogP contribution in [-0.2, 0) is 0 Å². The second-order valence-electron chi connectivity index (χ2n) is 6.77. The molecule has 0 radical (unpaired) electrons. The summed E-state index contributed by atoms with van der Waals surface area (Å²) >= 11 is 0. The molecule has 1 aromatic rings. The van der Waals surface area contributed by atoms with E-state index >= 15 is 0 Å². The van der Waals surface area contributed by atoms with Crippen LogP contribution in [0.15, 0.2) is 18.2 Å². The molecule has 2 aliphatic heterocycles. The molecule has 4 heteroatoms. The summed E-state index contributed by atoms with van der Waals surface area (Å²) in [5.41, 5.74) is 1.23. The number of phenolic OH excluding ortho intramolecular Hbond substituents is 2. The van der Waals surface area contributed by atoms with Crippen molar-refractivity contribution in [2.24, 2.45) is 5.41 Å². The molecule has 3 N–H and O–H groups in total. The van der Waals surface area contributed by atoms with Gasteiger partial charge in [-0.2, -0.15) is 0 Å². The predicted octanol–water partition coefficient (Wildman–Crippen LogP) is 2.62. The van der Waals surface area contributed by atoms with Crippen molar-refractivity contribution < 1.29 is 10.2 Å². The molecule has 0 aliphatic carbocycles. The van der Waals surface area contributed by atoms with Crippen LogP contribution in [0.5, 0.6) is 11.5 Å². The number of hydrogen-bond acceptors (Lipinski definition) is 4. The number of piperidine rings is 2. The number of benzene rings is 1. The molecule has 0 aromatic heterocycles. The molecule has 116 valence electrons. The van der Waals surface area contributed by atoms with E-state index in [2.05, 4.69) is 17.1 Å². The Morgan fingerprint density at radius 3 is 2.81 bits per heavy atom. The molecule has 2 fully saturated rings. The van der Waals surface area contributed by atoms with Crippen LogP contribution in [0.3, 0.4) is 0 Å². The molecule has 2 atom stereocenters. The zero-order chi connectivity index (χ0) is 14.9. The predicted molar refractivity (Wildman–Crippen MR) is 83.5 cm³/mol. The maximum Gasteiger partial charge on any atom is 0.120 e. The van der Waals surface area contributed by atoms with Crippen molar-refractivity contribution in [3.8, 4) is 11.5 Å². The molecule has 3 rings (SSSR count). The van der Waals surface area contributed by atoms with E-state index in [1.807, 2.05) is 0 Å². The molecule has 2 aliphatic rings. The molecule has 2 unspecified atom stereocenters. The average Bonchev–Trinajstić information content (AvgIpc) is 2.50. The minimum Gasteiger partial charge on any atom is -0.508 e. The van der Waals surface area contributed by atoms with Gasteiger partial charge in [-0.15, -0.1) is 0 Å². The van der Waals surface area contributed by atoms with E-state index in [1.165, 1.54) is 31.7 Å². The molecule has 1 aromatic carbocycles. The number of likely N-dealkylation sites (tertiary alicyclic amines) is 1. The molecule has 0 saturated carbocycles. The van der Waals surface area contributed by atoms with Crippen molar-refractivity contribution in [2.45, 2.75) is 38.6 Å². The zero-order valence-electron chi connectivity index (χ0n) is 12.8. The van der Waals surface area contributed by atoms with Crippen molar-refractivity contribution in [3.05, 3.63) is 23.8 Å². The second kappa shape index (κ2) is 5.85. The Balaban J connectivity index is 1.77. The lowest BCUT2D eigenvalue weighted by atomic mass is 9.74. The van der Waals surface area contributed by atoms with Gasteiger partial charge in [-0.1, -0.05) is 0 Å². The Bertz CT molecular complexity index is 492. The second-order valence-corrected chi connectivity index (χ2v) is 6.77. The van der Waals surface area contributed by atoms with Gasteiger partial charge in [0.1, 0.15) is 11.5 Å². The number of aromatic hydroxyl groups is 2. The summed E-state index contributed by atoms with van der Waals surface area (Å²) in [5.74, 6) is 0.502. The molecule has 0 bridgehead atoms. The van der Waals surface area contributed by atoms with Gasteiger partial charge in [0, 0.05) is 24.7 Å². The van der Waals surface area contributed by atoms with Crippen LogP contribution >= 0.6 is 0 Å². The maximum atomic E-state index is 10.1. The van der Waals surface area contributed by atoms with Gasteiger partial charge in [-0.25, -0.2) is 0 Å². The third kappa shape index (κ3) is 3.01. The molecule has 2 heterocycles. The minimum absolute atomic E-state index is 0.135. The van der Waals surface area contributed by atoms with Crippen molar-refractivity contribution in [3.63, 3.8) is 0 Å². The van der Waals surface area contributed by atoms with Crippen molar-refractivity contribution in [1.82, 2.24) is 10.2 Å². The number of phenols is 2. The van der Waals surface area contributed by atoms with Crippen LogP contribution < -0.4 is 5.32 Å². The van der Waals surface area contributed by atoms with Gasteiger partial charge in [0.2, 0.25) is 0 Å². The number of nitrogens with zero attached hydrogens (tertiary/aromatic N) is 1. The van der Waals surface area contributed by atoms with E-state index in [4.69, 9.17) is 0 Å². The highest BCUT2D eigenvalue weighted by Crippen LogP contribution is 2.40. The number of rotatable bonds is 2. The molecule has 21 heavy (non-hydrogen) atoms. The molecule has 1 spiro atoms. The summed E-state index contributed by atoms with van der Waals surface area (Å²) < 4.78 is 0. The Labute approximate surface area is 126 Å². The highest BCUT2D eigenvalue weighted by molar-refractivity contribution is 5.40. The normalized spacial score (nSPS) is 28.6. The van der Waals surface area contributed by atoms with Crippen LogP contribution in [0, 0.1) is 5.41 Å². The molecule has 4 nitrogen and oxygen atoms in total. The fourth-order valence-electron chi connectivity index (χ4n) is 4.03. The minimum atomic E-state index is 0.135. The largest absolute Gasteiger partial charge is 0.508 e. The van der Waals surface area contributed by atoms with E-state index in [-0.39, 0.29) is 17.5 Å². The smallest absolute Gasteiger partial charge is 0.120 e. The van der Waals surface area contributed by atoms with E-state index in [9.17, 15) is 10.2 Å². The Kier molecular flexibility index (Phi) is 4.09. The van der Waals surface area contributed by atoms with E-state index in [1.54, 1.807) is 12.1 Å². The maximum absolute atomic E-state index is 10.1. The third-order valence-corrected chi connectivity index (χ3v) is 5.26. The highest BCUT2D eigenvalue weighted by Gasteiger charge is 2.38. The molecule has 0 amide bonds. The summed E-state index contributed by atoms with van der Waals surface area (Å²) in [6.07, 6.45) is 5.08. The van der Waals surface area contributed by atoms with Gasteiger partial charge in [0.25, 0.3) is 0 Å². The lowest BCUT2D eigenvalue weighted by molar-refractivity contribution is 0.0409. The quantitative estimate of drug-likeness (QED) is 0.733. The van der Waals surface area contributed by atoms with Crippen LogP contribution in [0.1, 0.15) is 44.2 Å². The first-order valence-electron chi connectivity index (χ1n) is 8.06. The van der Waals surface area contributed by atoms with Crippen molar-refractivity contribution in [2.75, 3.05) is 26.2 Å². The third-order valence-electron chi connectivity index (χ3n) is 5.26. The summed E-state index contributed by atoms with van der Waals surface area (Å²) in [7, 11) is 0. The van der Waals surface area contributed by atoms with E-state index < -0.39 is 0 Å². The van der Waals surface area contributed by atoms with E-state index in [0.717, 1.165) is 31.7 Å². The molecular formula is C17H26N2O2. The standard InChI is InChI=1S/C17H26N2O2/c1-13(15-10-14(20)4-5-16(15)21)19-9-3-7-17(12-19)6-2-8-18-11-17/h4-5,10,13,18,20-21H,2-3,6-9,11-12H2,1H3. The van der Waals surface area contributed by atoms with Crippen LogP contribution in [-0.4, -0.2) is 41.3 Å². The van der Waals surface area contributed by atoms with Gasteiger partial charge < -0.3 is 15.5 Å². The first kappa shape index (κ1) is 14.7. The van der Waals surface area contributed by atoms with Gasteiger partial charge in [0.15, 0.2) is 0 Å². The van der Waals surface area contributed by atoms with Gasteiger partial charge in [-0.3, -0.25) is 4.90 Å². The number of nitrogens with one attached hydrogen (secondary N) is 1. The highest BCUT2D eigenvalue weighted by atomic mass is 16.3. The van der Waals surface area contributed by atoms with Crippen LogP contribution in [0.25, 0.3) is 0 Å². The van der Waals surface area contributed by atoms with Gasteiger partial charge >= 0.3 is 0 Å². The first-order valence-corrected chi connectivity index (χ1v) is 8.06. The van der Waals surface area contributed by atoms with Crippen molar-refractivity contribution in [1.29, 1.82) is 0 Å². The summed E-state index contributed by atoms with van der Waals surface area (Å²) in [6.45, 7) is 6.53. The van der Waals surface area contributed by atoms with E-state index in [0.29, 0.717) is 5.41 Å². The van der Waals surface area contributed by atoms with Crippen LogP contribution in [0.4, 0.5) is 0 Å².